The van der Waals surface area contributed by atoms with E-state index in [0.717, 1.165) is 72.6 Å². The Kier molecular flexibility index (Phi) is 4.31. The van der Waals surface area contributed by atoms with Crippen molar-refractivity contribution in [3.8, 4) is 5.75 Å². The Labute approximate surface area is 177 Å². The van der Waals surface area contributed by atoms with E-state index in [9.17, 15) is 9.90 Å². The number of rotatable bonds is 3. The molecule has 0 radical (unpaired) electrons. The largest absolute Gasteiger partial charge is 0.488 e. The van der Waals surface area contributed by atoms with Gasteiger partial charge in [-0.25, -0.2) is 4.79 Å². The first-order valence-corrected chi connectivity index (χ1v) is 11.5. The lowest BCUT2D eigenvalue weighted by atomic mass is 9.78. The van der Waals surface area contributed by atoms with Crippen LogP contribution in [0, 0.1) is 11.8 Å². The Morgan fingerprint density at radius 2 is 2.00 bits per heavy atom. The number of anilines is 1. The zero-order valence-corrected chi connectivity index (χ0v) is 17.3. The lowest BCUT2D eigenvalue weighted by Crippen LogP contribution is -2.42. The highest BCUT2D eigenvalue weighted by Crippen LogP contribution is 2.40. The predicted molar refractivity (Wildman–Crippen MR) is 113 cm³/mol. The molecule has 3 heterocycles. The molecule has 6 rings (SSSR count). The minimum atomic E-state index is -0.490. The second-order valence-corrected chi connectivity index (χ2v) is 9.51. The summed E-state index contributed by atoms with van der Waals surface area (Å²) >= 11 is 1.56. The van der Waals surface area contributed by atoms with E-state index in [1.807, 2.05) is 18.2 Å². The van der Waals surface area contributed by atoms with E-state index < -0.39 is 6.10 Å². The summed E-state index contributed by atoms with van der Waals surface area (Å²) < 4.78 is 11.8. The highest BCUT2D eigenvalue weighted by molar-refractivity contribution is 7.13. The molecule has 0 unspecified atom stereocenters. The van der Waals surface area contributed by atoms with Gasteiger partial charge in [0.15, 0.2) is 0 Å². The molecule has 0 bridgehead atoms. The summed E-state index contributed by atoms with van der Waals surface area (Å²) in [6, 6.07) is 5.63. The first kappa shape index (κ1) is 18.3. The lowest BCUT2D eigenvalue weighted by Gasteiger charge is -2.35. The average molecular weight is 426 g/mol. The molecule has 156 valence electrons. The van der Waals surface area contributed by atoms with Crippen LogP contribution in [-0.2, 0) is 12.8 Å². The zero-order valence-electron chi connectivity index (χ0n) is 16.5. The van der Waals surface area contributed by atoms with Crippen LogP contribution in [0.4, 0.5) is 5.13 Å². The number of benzene rings is 1. The molecule has 1 saturated carbocycles. The van der Waals surface area contributed by atoms with Crippen molar-refractivity contribution in [3.63, 3.8) is 0 Å². The maximum absolute atomic E-state index is 12.1. The highest BCUT2D eigenvalue weighted by atomic mass is 32.1. The van der Waals surface area contributed by atoms with Crippen LogP contribution in [0.3, 0.4) is 0 Å². The smallest absolute Gasteiger partial charge is 0.339 e. The molecular formula is C22H23N3O4S. The second-order valence-electron chi connectivity index (χ2n) is 8.70. The minimum absolute atomic E-state index is 0.210. The van der Waals surface area contributed by atoms with Crippen molar-refractivity contribution in [3.05, 3.63) is 45.3 Å². The molecule has 1 saturated heterocycles. The van der Waals surface area contributed by atoms with Gasteiger partial charge in [-0.05, 0) is 67.7 Å². The van der Waals surface area contributed by atoms with Crippen molar-refractivity contribution < 1.29 is 14.3 Å². The van der Waals surface area contributed by atoms with Gasteiger partial charge in [0.25, 0.3) is 0 Å². The van der Waals surface area contributed by atoms with Crippen molar-refractivity contribution in [1.82, 2.24) is 10.2 Å². The standard InChI is InChI=1S/C22H23N3O4S/c26-18-6-12-9-25(22-24-23-11-30-22)10-13(12)7-20(18)28-14-4-5-19-17(8-14)15-2-1-3-16(15)21(27)29-19/h4-5,8,11-13,18,20,26H,1-3,6-7,9-10H2/t12-,13+,18+,20+/m0/s1. The molecule has 8 heteroatoms. The van der Waals surface area contributed by atoms with Gasteiger partial charge in [0, 0.05) is 24.0 Å². The van der Waals surface area contributed by atoms with Crippen molar-refractivity contribution in [1.29, 1.82) is 0 Å². The number of aliphatic hydroxyl groups excluding tert-OH is 1. The highest BCUT2D eigenvalue weighted by Gasteiger charge is 2.43. The third-order valence-electron chi connectivity index (χ3n) is 6.93. The summed E-state index contributed by atoms with van der Waals surface area (Å²) in [5.74, 6) is 1.66. The van der Waals surface area contributed by atoms with Gasteiger partial charge in [-0.2, -0.15) is 0 Å². The van der Waals surface area contributed by atoms with Gasteiger partial charge >= 0.3 is 5.63 Å². The number of hydrogen-bond acceptors (Lipinski definition) is 8. The molecule has 4 atom stereocenters. The fourth-order valence-corrected chi connectivity index (χ4v) is 6.07. The van der Waals surface area contributed by atoms with E-state index in [-0.39, 0.29) is 11.7 Å². The molecule has 30 heavy (non-hydrogen) atoms. The Morgan fingerprint density at radius 3 is 2.83 bits per heavy atom. The molecule has 0 amide bonds. The molecule has 0 spiro atoms. The number of aromatic nitrogens is 2. The van der Waals surface area contributed by atoms with E-state index >= 15 is 0 Å². The van der Waals surface area contributed by atoms with Crippen LogP contribution < -0.4 is 15.3 Å². The SMILES string of the molecule is O=c1oc2ccc(O[C@@H]3C[C@@H]4CN(c5nncs5)C[C@@H]4C[C@H]3O)cc2c2c1CCC2. The van der Waals surface area contributed by atoms with E-state index in [1.165, 1.54) is 0 Å². The third kappa shape index (κ3) is 3.01. The van der Waals surface area contributed by atoms with Crippen LogP contribution in [0.15, 0.2) is 32.9 Å². The van der Waals surface area contributed by atoms with Crippen molar-refractivity contribution in [2.75, 3.05) is 18.0 Å². The number of aryl methyl sites for hydroxylation is 1. The Morgan fingerprint density at radius 1 is 1.17 bits per heavy atom. The van der Waals surface area contributed by atoms with Crippen LogP contribution in [-0.4, -0.2) is 40.6 Å². The van der Waals surface area contributed by atoms with Gasteiger partial charge in [0.2, 0.25) is 5.13 Å². The molecule has 3 aliphatic rings. The van der Waals surface area contributed by atoms with E-state index in [0.29, 0.717) is 17.4 Å². The molecule has 2 aromatic heterocycles. The Bertz CT molecular complexity index is 1150. The van der Waals surface area contributed by atoms with Gasteiger partial charge in [-0.3, -0.25) is 0 Å². The number of aliphatic hydroxyl groups is 1. The van der Waals surface area contributed by atoms with E-state index in [2.05, 4.69) is 15.1 Å². The number of hydrogen-bond donors (Lipinski definition) is 1. The number of fused-ring (bicyclic) bond motifs is 4. The first-order chi connectivity index (χ1) is 14.7. The van der Waals surface area contributed by atoms with Crippen LogP contribution in [0.25, 0.3) is 11.0 Å². The first-order valence-electron chi connectivity index (χ1n) is 10.6. The molecule has 1 aliphatic heterocycles. The topological polar surface area (TPSA) is 88.7 Å². The molecule has 3 aromatic rings. The number of ether oxygens (including phenoxy) is 1. The maximum Gasteiger partial charge on any atom is 0.339 e. The van der Waals surface area contributed by atoms with Crippen LogP contribution in [0.1, 0.15) is 30.4 Å². The number of nitrogens with zero attached hydrogens (tertiary/aromatic N) is 3. The quantitative estimate of drug-likeness (QED) is 0.646. The fourth-order valence-electron chi connectivity index (χ4n) is 5.49. The molecule has 2 fully saturated rings. The van der Waals surface area contributed by atoms with Gasteiger partial charge < -0.3 is 19.2 Å². The summed E-state index contributed by atoms with van der Waals surface area (Å²) in [5, 5.41) is 20.8. The van der Waals surface area contributed by atoms with Crippen molar-refractivity contribution in [2.45, 2.75) is 44.3 Å². The second kappa shape index (κ2) is 7.06. The van der Waals surface area contributed by atoms with Crippen molar-refractivity contribution in [2.24, 2.45) is 11.8 Å². The summed E-state index contributed by atoms with van der Waals surface area (Å²) in [4.78, 5) is 14.4. The van der Waals surface area contributed by atoms with Crippen LogP contribution in [0.2, 0.25) is 0 Å². The summed E-state index contributed by atoms with van der Waals surface area (Å²) in [6.45, 7) is 1.85. The van der Waals surface area contributed by atoms with Crippen molar-refractivity contribution >= 4 is 27.4 Å². The van der Waals surface area contributed by atoms with Crippen LogP contribution in [0.5, 0.6) is 5.75 Å². The Hall–Kier alpha value is -2.45. The minimum Gasteiger partial charge on any atom is -0.488 e. The molecular weight excluding hydrogens is 402 g/mol. The molecule has 1 aromatic carbocycles. The zero-order chi connectivity index (χ0) is 20.2. The predicted octanol–water partition coefficient (Wildman–Crippen LogP) is 2.79. The lowest BCUT2D eigenvalue weighted by molar-refractivity contribution is -0.0231. The monoisotopic (exact) mass is 425 g/mol. The Balaban J connectivity index is 1.23. The summed E-state index contributed by atoms with van der Waals surface area (Å²) in [7, 11) is 0. The summed E-state index contributed by atoms with van der Waals surface area (Å²) in [6.07, 6.45) is 3.51. The third-order valence-corrected chi connectivity index (χ3v) is 7.68. The molecule has 1 N–H and O–H groups in total. The molecule has 7 nitrogen and oxygen atoms in total. The van der Waals surface area contributed by atoms with Gasteiger partial charge in [0.1, 0.15) is 22.9 Å². The maximum atomic E-state index is 12.1. The summed E-state index contributed by atoms with van der Waals surface area (Å²) in [5.41, 5.74) is 4.07. The van der Waals surface area contributed by atoms with Crippen LogP contribution >= 0.6 is 11.3 Å². The fraction of sp³-hybridized carbons (Fsp3) is 0.500. The van der Waals surface area contributed by atoms with Gasteiger partial charge in [-0.15, -0.1) is 10.2 Å². The van der Waals surface area contributed by atoms with Gasteiger partial charge in [-0.1, -0.05) is 11.3 Å². The van der Waals surface area contributed by atoms with E-state index in [1.54, 1.807) is 16.8 Å². The average Bonchev–Trinajstić information content (AvgIpc) is 3.49. The molecule has 2 aliphatic carbocycles. The van der Waals surface area contributed by atoms with Gasteiger partial charge in [0.05, 0.1) is 6.10 Å². The normalized spacial score (nSPS) is 28.0. The van der Waals surface area contributed by atoms with E-state index in [4.69, 9.17) is 9.15 Å².